The molecule has 0 aromatic heterocycles. The Labute approximate surface area is 129 Å². The molecule has 21 heavy (non-hydrogen) atoms. The van der Waals surface area contributed by atoms with Gasteiger partial charge in [-0.1, -0.05) is 31.7 Å². The lowest BCUT2D eigenvalue weighted by molar-refractivity contribution is -0.116. The Balaban J connectivity index is 2.98. The summed E-state index contributed by atoms with van der Waals surface area (Å²) in [4.78, 5) is 16.3. The quantitative estimate of drug-likeness (QED) is 0.387. The van der Waals surface area contributed by atoms with Crippen molar-refractivity contribution in [2.75, 3.05) is 11.6 Å². The SMILES string of the molecule is CSC(=Nc1cccc(NC(=O)CC(C)C)c1C)NC#N. The molecule has 0 radical (unpaired) electrons. The van der Waals surface area contributed by atoms with Crippen molar-refractivity contribution in [1.82, 2.24) is 5.32 Å². The van der Waals surface area contributed by atoms with Gasteiger partial charge in [0.25, 0.3) is 0 Å². The lowest BCUT2D eigenvalue weighted by Crippen LogP contribution is -2.15. The number of carbonyl (C=O) groups is 1. The van der Waals surface area contributed by atoms with Crippen molar-refractivity contribution in [3.05, 3.63) is 23.8 Å². The highest BCUT2D eigenvalue weighted by molar-refractivity contribution is 8.13. The molecular weight excluding hydrogens is 284 g/mol. The Kier molecular flexibility index (Phi) is 6.76. The van der Waals surface area contributed by atoms with Crippen LogP contribution in [0.4, 0.5) is 11.4 Å². The molecule has 0 unspecified atom stereocenters. The number of hydrogen-bond donors (Lipinski definition) is 2. The monoisotopic (exact) mass is 304 g/mol. The summed E-state index contributed by atoms with van der Waals surface area (Å²) in [7, 11) is 0. The molecule has 0 heterocycles. The maximum atomic E-state index is 11.9. The zero-order valence-corrected chi connectivity index (χ0v) is 13.5. The highest BCUT2D eigenvalue weighted by Gasteiger charge is 2.09. The summed E-state index contributed by atoms with van der Waals surface area (Å²) in [6.07, 6.45) is 4.18. The highest BCUT2D eigenvalue weighted by atomic mass is 32.2. The minimum atomic E-state index is -0.00512. The summed E-state index contributed by atoms with van der Waals surface area (Å²) >= 11 is 1.36. The standard InChI is InChI=1S/C15H20N4OS/c1-10(2)8-14(20)18-12-6-5-7-13(11(12)3)19-15(21-4)17-9-16/h5-7,10H,8H2,1-4H3,(H,17,19)(H,18,20). The van der Waals surface area contributed by atoms with Crippen molar-refractivity contribution in [3.8, 4) is 6.19 Å². The Morgan fingerprint density at radius 3 is 2.76 bits per heavy atom. The van der Waals surface area contributed by atoms with E-state index in [1.807, 2.05) is 51.4 Å². The smallest absolute Gasteiger partial charge is 0.224 e. The third-order valence-corrected chi connectivity index (χ3v) is 3.33. The molecule has 0 fully saturated rings. The molecule has 0 aliphatic rings. The number of hydrogen-bond acceptors (Lipinski definition) is 4. The predicted octanol–water partition coefficient (Wildman–Crippen LogP) is 3.40. The molecule has 0 bridgehead atoms. The third kappa shape index (κ3) is 5.48. The van der Waals surface area contributed by atoms with Crippen molar-refractivity contribution in [2.45, 2.75) is 27.2 Å². The Morgan fingerprint density at radius 2 is 2.19 bits per heavy atom. The van der Waals surface area contributed by atoms with Crippen LogP contribution in [0.5, 0.6) is 0 Å². The maximum absolute atomic E-state index is 11.9. The van der Waals surface area contributed by atoms with E-state index in [1.165, 1.54) is 11.8 Å². The van der Waals surface area contributed by atoms with Crippen LogP contribution < -0.4 is 10.6 Å². The molecule has 112 valence electrons. The fourth-order valence-electron chi connectivity index (χ4n) is 1.73. The average molecular weight is 304 g/mol. The van der Waals surface area contributed by atoms with E-state index in [-0.39, 0.29) is 5.91 Å². The third-order valence-electron chi connectivity index (χ3n) is 2.75. The summed E-state index contributed by atoms with van der Waals surface area (Å²) in [5.41, 5.74) is 2.35. The second-order valence-electron chi connectivity index (χ2n) is 4.95. The first-order chi connectivity index (χ1) is 9.97. The van der Waals surface area contributed by atoms with Gasteiger partial charge in [0.15, 0.2) is 11.4 Å². The van der Waals surface area contributed by atoms with Gasteiger partial charge in [-0.15, -0.1) is 0 Å². The van der Waals surface area contributed by atoms with Gasteiger partial charge in [0.2, 0.25) is 5.91 Å². The van der Waals surface area contributed by atoms with Gasteiger partial charge >= 0.3 is 0 Å². The topological polar surface area (TPSA) is 77.3 Å². The molecule has 1 amide bonds. The van der Waals surface area contributed by atoms with Crippen molar-refractivity contribution in [2.24, 2.45) is 10.9 Å². The van der Waals surface area contributed by atoms with Crippen molar-refractivity contribution in [1.29, 1.82) is 5.26 Å². The lowest BCUT2D eigenvalue weighted by atomic mass is 10.1. The molecule has 0 saturated heterocycles. The number of thioether (sulfide) groups is 1. The number of rotatable bonds is 4. The number of amidine groups is 1. The molecule has 1 aromatic rings. The molecule has 2 N–H and O–H groups in total. The fraction of sp³-hybridized carbons (Fsp3) is 0.400. The van der Waals surface area contributed by atoms with Crippen LogP contribution in [-0.4, -0.2) is 17.3 Å². The molecule has 0 aliphatic carbocycles. The second-order valence-corrected chi connectivity index (χ2v) is 5.75. The highest BCUT2D eigenvalue weighted by Crippen LogP contribution is 2.26. The second kappa shape index (κ2) is 8.32. The number of nitrogens with one attached hydrogen (secondary N) is 2. The van der Waals surface area contributed by atoms with Crippen LogP contribution in [-0.2, 0) is 4.79 Å². The normalized spacial score (nSPS) is 11.1. The van der Waals surface area contributed by atoms with Gasteiger partial charge in [-0.3, -0.25) is 10.1 Å². The summed E-state index contributed by atoms with van der Waals surface area (Å²) < 4.78 is 0. The van der Waals surface area contributed by atoms with E-state index in [0.29, 0.717) is 17.5 Å². The van der Waals surface area contributed by atoms with Gasteiger partial charge in [-0.2, -0.15) is 5.26 Å². The van der Waals surface area contributed by atoms with E-state index >= 15 is 0 Å². The van der Waals surface area contributed by atoms with Crippen LogP contribution in [0.3, 0.4) is 0 Å². The van der Waals surface area contributed by atoms with Gasteiger partial charge in [-0.05, 0) is 36.8 Å². The van der Waals surface area contributed by atoms with Crippen LogP contribution in [0.1, 0.15) is 25.8 Å². The van der Waals surface area contributed by atoms with Crippen LogP contribution in [0, 0.1) is 24.3 Å². The number of nitriles is 1. The molecule has 0 aliphatic heterocycles. The van der Waals surface area contributed by atoms with Gasteiger partial charge in [0.05, 0.1) is 5.69 Å². The van der Waals surface area contributed by atoms with Crippen LogP contribution >= 0.6 is 11.8 Å². The lowest BCUT2D eigenvalue weighted by Gasteiger charge is -2.11. The largest absolute Gasteiger partial charge is 0.326 e. The average Bonchev–Trinajstić information content (AvgIpc) is 2.41. The fourth-order valence-corrected chi connectivity index (χ4v) is 2.07. The van der Waals surface area contributed by atoms with Crippen LogP contribution in [0.15, 0.2) is 23.2 Å². The molecule has 0 atom stereocenters. The Bertz CT molecular complexity index is 576. The summed E-state index contributed by atoms with van der Waals surface area (Å²) in [6.45, 7) is 5.91. The van der Waals surface area contributed by atoms with Crippen LogP contribution in [0.2, 0.25) is 0 Å². The predicted molar refractivity (Wildman–Crippen MR) is 88.6 cm³/mol. The van der Waals surface area contributed by atoms with E-state index < -0.39 is 0 Å². The minimum absolute atomic E-state index is 0.00512. The summed E-state index contributed by atoms with van der Waals surface area (Å²) in [5.74, 6) is 0.309. The number of anilines is 1. The first-order valence-corrected chi connectivity index (χ1v) is 7.87. The zero-order chi connectivity index (χ0) is 15.8. The van der Waals surface area contributed by atoms with Crippen molar-refractivity contribution in [3.63, 3.8) is 0 Å². The number of aliphatic imine (C=N–C) groups is 1. The first kappa shape index (κ1) is 17.1. The van der Waals surface area contributed by atoms with E-state index in [2.05, 4.69) is 15.6 Å². The van der Waals surface area contributed by atoms with Gasteiger partial charge in [0.1, 0.15) is 0 Å². The van der Waals surface area contributed by atoms with Crippen molar-refractivity contribution < 1.29 is 4.79 Å². The van der Waals surface area contributed by atoms with E-state index in [1.54, 1.807) is 0 Å². The van der Waals surface area contributed by atoms with Gasteiger partial charge < -0.3 is 5.32 Å². The number of benzene rings is 1. The molecule has 5 nitrogen and oxygen atoms in total. The molecular formula is C15H20N4OS. The number of carbonyl (C=O) groups excluding carboxylic acids is 1. The first-order valence-electron chi connectivity index (χ1n) is 6.65. The van der Waals surface area contributed by atoms with Gasteiger partial charge in [-0.25, -0.2) is 4.99 Å². The zero-order valence-electron chi connectivity index (χ0n) is 12.7. The van der Waals surface area contributed by atoms with Crippen molar-refractivity contribution >= 4 is 34.2 Å². The summed E-state index contributed by atoms with van der Waals surface area (Å²) in [6, 6.07) is 5.53. The molecule has 1 aromatic carbocycles. The Hall–Kier alpha value is -2.00. The van der Waals surface area contributed by atoms with E-state index in [4.69, 9.17) is 5.26 Å². The molecule has 1 rings (SSSR count). The maximum Gasteiger partial charge on any atom is 0.224 e. The van der Waals surface area contributed by atoms with Gasteiger partial charge in [0, 0.05) is 12.1 Å². The van der Waals surface area contributed by atoms with E-state index in [0.717, 1.165) is 16.9 Å². The number of nitrogens with zero attached hydrogens (tertiary/aromatic N) is 2. The Morgan fingerprint density at radius 1 is 1.48 bits per heavy atom. The number of amides is 1. The summed E-state index contributed by atoms with van der Waals surface area (Å²) in [5, 5.41) is 14.6. The molecule has 6 heteroatoms. The minimum Gasteiger partial charge on any atom is -0.326 e. The van der Waals surface area contributed by atoms with E-state index in [9.17, 15) is 4.79 Å². The van der Waals surface area contributed by atoms with Crippen LogP contribution in [0.25, 0.3) is 0 Å². The molecule has 0 spiro atoms. The molecule has 0 saturated carbocycles.